The van der Waals surface area contributed by atoms with Gasteiger partial charge in [0.05, 0.1) is 20.2 Å². The number of rotatable bonds is 8. The summed E-state index contributed by atoms with van der Waals surface area (Å²) in [5, 5.41) is 0. The minimum absolute atomic E-state index is 0.808. The first-order valence-corrected chi connectivity index (χ1v) is 8.62. The molecule has 23 heavy (non-hydrogen) atoms. The van der Waals surface area contributed by atoms with Gasteiger partial charge < -0.3 is 9.64 Å². The molecular formula is C21H30NO+. The fourth-order valence-corrected chi connectivity index (χ4v) is 2.89. The number of ether oxygens (including phenoxy) is 1. The zero-order valence-corrected chi connectivity index (χ0v) is 15.0. The molecule has 0 saturated heterocycles. The third kappa shape index (κ3) is 5.72. The minimum Gasteiger partial charge on any atom is -0.493 e. The normalized spacial score (nSPS) is 12.2. The van der Waals surface area contributed by atoms with Gasteiger partial charge in [-0.05, 0) is 56.4 Å². The molecule has 0 bridgehead atoms. The summed E-state index contributed by atoms with van der Waals surface area (Å²) in [6.07, 6.45) is 2.31. The van der Waals surface area contributed by atoms with Gasteiger partial charge in [0.1, 0.15) is 12.3 Å². The molecule has 0 aliphatic heterocycles. The molecule has 2 aromatic carbocycles. The van der Waals surface area contributed by atoms with E-state index in [-0.39, 0.29) is 0 Å². The van der Waals surface area contributed by atoms with Crippen molar-refractivity contribution in [2.75, 3.05) is 20.2 Å². The minimum atomic E-state index is 0.808. The lowest BCUT2D eigenvalue weighted by molar-refractivity contribution is -0.894. The predicted molar refractivity (Wildman–Crippen MR) is 97.3 cm³/mol. The Morgan fingerprint density at radius 3 is 2.43 bits per heavy atom. The van der Waals surface area contributed by atoms with Crippen molar-refractivity contribution in [2.24, 2.45) is 0 Å². The monoisotopic (exact) mass is 312 g/mol. The lowest BCUT2D eigenvalue weighted by Gasteiger charge is -2.15. The van der Waals surface area contributed by atoms with Crippen molar-refractivity contribution in [3.63, 3.8) is 0 Å². The van der Waals surface area contributed by atoms with Crippen LogP contribution in [0, 0.1) is 20.8 Å². The van der Waals surface area contributed by atoms with Crippen LogP contribution in [-0.2, 0) is 6.54 Å². The molecule has 124 valence electrons. The van der Waals surface area contributed by atoms with Gasteiger partial charge in [-0.15, -0.1) is 0 Å². The van der Waals surface area contributed by atoms with Gasteiger partial charge in [-0.25, -0.2) is 0 Å². The largest absolute Gasteiger partial charge is 0.493 e. The topological polar surface area (TPSA) is 13.7 Å². The van der Waals surface area contributed by atoms with Gasteiger partial charge in [0, 0.05) is 5.56 Å². The summed E-state index contributed by atoms with van der Waals surface area (Å²) in [4.78, 5) is 1.55. The standard InChI is InChI=1S/C21H29NO/c1-17-14-18(2)19(3)21(15-17)23-13-9-8-12-22(4)16-20-10-6-5-7-11-20/h5-7,10-11,14-15H,8-9,12-13,16H2,1-4H3/p+1. The van der Waals surface area contributed by atoms with E-state index in [4.69, 9.17) is 4.74 Å². The molecule has 0 aliphatic carbocycles. The molecule has 1 unspecified atom stereocenters. The Labute approximate surface area is 141 Å². The van der Waals surface area contributed by atoms with E-state index >= 15 is 0 Å². The second-order valence-electron chi connectivity index (χ2n) is 6.63. The van der Waals surface area contributed by atoms with Crippen LogP contribution < -0.4 is 9.64 Å². The first-order valence-electron chi connectivity index (χ1n) is 8.62. The van der Waals surface area contributed by atoms with Crippen LogP contribution in [0.1, 0.15) is 35.1 Å². The summed E-state index contributed by atoms with van der Waals surface area (Å²) >= 11 is 0. The van der Waals surface area contributed by atoms with Gasteiger partial charge in [0.25, 0.3) is 0 Å². The molecule has 0 saturated carbocycles. The molecule has 1 atom stereocenters. The Bertz CT molecular complexity index is 607. The van der Waals surface area contributed by atoms with Crippen LogP contribution >= 0.6 is 0 Å². The first kappa shape index (κ1) is 17.6. The lowest BCUT2D eigenvalue weighted by Crippen LogP contribution is -3.07. The predicted octanol–water partition coefficient (Wildman–Crippen LogP) is 3.49. The molecule has 2 heteroatoms. The Hall–Kier alpha value is -1.80. The molecule has 0 amide bonds. The third-order valence-electron chi connectivity index (χ3n) is 4.37. The molecule has 0 heterocycles. The van der Waals surface area contributed by atoms with Gasteiger partial charge in [-0.2, -0.15) is 0 Å². The van der Waals surface area contributed by atoms with Crippen LogP contribution in [-0.4, -0.2) is 20.2 Å². The fourth-order valence-electron chi connectivity index (χ4n) is 2.89. The van der Waals surface area contributed by atoms with E-state index in [2.05, 4.69) is 70.3 Å². The van der Waals surface area contributed by atoms with Crippen molar-refractivity contribution < 1.29 is 9.64 Å². The lowest BCUT2D eigenvalue weighted by atomic mass is 10.1. The van der Waals surface area contributed by atoms with Gasteiger partial charge >= 0.3 is 0 Å². The number of unbranched alkanes of at least 4 members (excludes halogenated alkanes) is 1. The summed E-state index contributed by atoms with van der Waals surface area (Å²) in [6.45, 7) is 9.50. The first-order chi connectivity index (χ1) is 11.1. The zero-order valence-electron chi connectivity index (χ0n) is 15.0. The van der Waals surface area contributed by atoms with Crippen LogP contribution in [0.5, 0.6) is 5.75 Å². The molecule has 2 rings (SSSR count). The maximum Gasteiger partial charge on any atom is 0.122 e. The van der Waals surface area contributed by atoms with Crippen LogP contribution in [0.25, 0.3) is 0 Å². The average molecular weight is 312 g/mol. The second kappa shape index (κ2) is 8.73. The number of nitrogens with one attached hydrogen (secondary N) is 1. The van der Waals surface area contributed by atoms with E-state index in [9.17, 15) is 0 Å². The molecule has 2 aromatic rings. The van der Waals surface area contributed by atoms with E-state index in [0.29, 0.717) is 0 Å². The van der Waals surface area contributed by atoms with E-state index in [1.165, 1.54) is 35.2 Å². The molecule has 0 aliphatic rings. The fraction of sp³-hybridized carbons (Fsp3) is 0.429. The van der Waals surface area contributed by atoms with Crippen molar-refractivity contribution in [1.29, 1.82) is 0 Å². The van der Waals surface area contributed by atoms with Crippen molar-refractivity contribution >= 4 is 0 Å². The third-order valence-corrected chi connectivity index (χ3v) is 4.37. The molecule has 0 spiro atoms. The Morgan fingerprint density at radius 1 is 0.957 bits per heavy atom. The molecule has 0 fully saturated rings. The Balaban J connectivity index is 1.68. The molecular weight excluding hydrogens is 282 g/mol. The Morgan fingerprint density at radius 2 is 1.70 bits per heavy atom. The summed E-state index contributed by atoms with van der Waals surface area (Å²) < 4.78 is 5.99. The van der Waals surface area contributed by atoms with Crippen LogP contribution in [0.2, 0.25) is 0 Å². The van der Waals surface area contributed by atoms with E-state index in [1.807, 2.05) is 0 Å². The highest BCUT2D eigenvalue weighted by atomic mass is 16.5. The number of aryl methyl sites for hydroxylation is 2. The molecule has 0 radical (unpaired) electrons. The number of hydrogen-bond acceptors (Lipinski definition) is 1. The highest BCUT2D eigenvalue weighted by Gasteiger charge is 2.05. The van der Waals surface area contributed by atoms with Crippen molar-refractivity contribution in [2.45, 2.75) is 40.2 Å². The zero-order chi connectivity index (χ0) is 16.7. The second-order valence-corrected chi connectivity index (χ2v) is 6.63. The number of hydrogen-bond donors (Lipinski definition) is 1. The van der Waals surface area contributed by atoms with Gasteiger partial charge in [-0.1, -0.05) is 36.4 Å². The quantitative estimate of drug-likeness (QED) is 0.737. The number of quaternary nitrogens is 1. The van der Waals surface area contributed by atoms with E-state index in [0.717, 1.165) is 25.3 Å². The van der Waals surface area contributed by atoms with Crippen LogP contribution in [0.15, 0.2) is 42.5 Å². The maximum atomic E-state index is 5.99. The Kier molecular flexibility index (Phi) is 6.66. The van der Waals surface area contributed by atoms with E-state index in [1.54, 1.807) is 4.90 Å². The smallest absolute Gasteiger partial charge is 0.122 e. The van der Waals surface area contributed by atoms with Crippen molar-refractivity contribution in [1.82, 2.24) is 0 Å². The van der Waals surface area contributed by atoms with Crippen LogP contribution in [0.4, 0.5) is 0 Å². The highest BCUT2D eigenvalue weighted by Crippen LogP contribution is 2.23. The molecule has 0 aromatic heterocycles. The SMILES string of the molecule is Cc1cc(C)c(C)c(OCCCC[NH+](C)Cc2ccccc2)c1. The molecule has 2 nitrogen and oxygen atoms in total. The van der Waals surface area contributed by atoms with Crippen molar-refractivity contribution in [3.05, 3.63) is 64.7 Å². The summed E-state index contributed by atoms with van der Waals surface area (Å²) in [6, 6.07) is 15.1. The van der Waals surface area contributed by atoms with Gasteiger partial charge in [0.15, 0.2) is 0 Å². The van der Waals surface area contributed by atoms with E-state index < -0.39 is 0 Å². The number of benzene rings is 2. The summed E-state index contributed by atoms with van der Waals surface area (Å²) in [5.41, 5.74) is 5.26. The van der Waals surface area contributed by atoms with Crippen molar-refractivity contribution in [3.8, 4) is 5.75 Å². The van der Waals surface area contributed by atoms with Gasteiger partial charge in [-0.3, -0.25) is 0 Å². The highest BCUT2D eigenvalue weighted by molar-refractivity contribution is 5.41. The maximum absolute atomic E-state index is 5.99. The van der Waals surface area contributed by atoms with Crippen LogP contribution in [0.3, 0.4) is 0 Å². The molecule has 1 N–H and O–H groups in total. The summed E-state index contributed by atoms with van der Waals surface area (Å²) in [7, 11) is 2.27. The summed E-state index contributed by atoms with van der Waals surface area (Å²) in [5.74, 6) is 1.05. The average Bonchev–Trinajstić information content (AvgIpc) is 2.52. The van der Waals surface area contributed by atoms with Gasteiger partial charge in [0.2, 0.25) is 0 Å².